The maximum atomic E-state index is 12.6. The third-order valence-electron chi connectivity index (χ3n) is 6.32. The second-order valence-corrected chi connectivity index (χ2v) is 9.94. The fourth-order valence-electron chi connectivity index (χ4n) is 4.42. The van der Waals surface area contributed by atoms with Crippen molar-refractivity contribution < 1.29 is 33.7 Å². The van der Waals surface area contributed by atoms with Gasteiger partial charge in [-0.05, 0) is 41.9 Å². The molecular weight excluding hydrogens is 424 g/mol. The molecule has 0 aliphatic carbocycles. The summed E-state index contributed by atoms with van der Waals surface area (Å²) in [5, 5.41) is 9.57. The van der Waals surface area contributed by atoms with Gasteiger partial charge in [0, 0.05) is 38.1 Å². The Kier molecular flexibility index (Phi) is 9.61. The Hall–Kier alpha value is -2.25. The molecule has 33 heavy (non-hydrogen) atoms. The van der Waals surface area contributed by atoms with Gasteiger partial charge < -0.3 is 19.3 Å². The summed E-state index contributed by atoms with van der Waals surface area (Å²) in [7, 11) is 1.69. The molecule has 1 aliphatic rings. The number of carboxylic acids is 1. The Morgan fingerprint density at radius 1 is 1.12 bits per heavy atom. The van der Waals surface area contributed by atoms with E-state index in [9.17, 15) is 19.5 Å². The molecule has 7 nitrogen and oxygen atoms in total. The van der Waals surface area contributed by atoms with Crippen LogP contribution in [-0.2, 0) is 39.4 Å². The minimum atomic E-state index is -0.982. The summed E-state index contributed by atoms with van der Waals surface area (Å²) in [5.41, 5.74) is 2.56. The van der Waals surface area contributed by atoms with Gasteiger partial charge in [0.1, 0.15) is 12.2 Å². The van der Waals surface area contributed by atoms with Crippen molar-refractivity contribution in [1.29, 1.82) is 0 Å². The highest BCUT2D eigenvalue weighted by Gasteiger charge is 2.36. The van der Waals surface area contributed by atoms with Gasteiger partial charge in [0.05, 0.1) is 19.6 Å². The second-order valence-electron chi connectivity index (χ2n) is 9.94. The van der Waals surface area contributed by atoms with E-state index in [2.05, 4.69) is 26.8 Å². The standard InChI is InChI=1S/C26H38O7/c1-6-33-24(30)16-22(27)13-19(14-23(28)29)18-11-20(25(2,3)4)15-21(12-18)26(17-31-5)7-9-32-10-8-26/h11-12,15,19H,6-10,13-14,16-17H2,1-5H3,(H,28,29). The van der Waals surface area contributed by atoms with E-state index < -0.39 is 17.9 Å². The molecule has 1 heterocycles. The number of ketones is 1. The number of Topliss-reactive ketones (excluding diaryl/α,β-unsaturated/α-hetero) is 1. The van der Waals surface area contributed by atoms with Crippen molar-refractivity contribution >= 4 is 17.7 Å². The molecule has 7 heteroatoms. The van der Waals surface area contributed by atoms with Crippen molar-refractivity contribution in [2.45, 2.75) is 76.5 Å². The number of hydrogen-bond acceptors (Lipinski definition) is 6. The highest BCUT2D eigenvalue weighted by molar-refractivity contribution is 5.96. The van der Waals surface area contributed by atoms with Gasteiger partial charge in [-0.2, -0.15) is 0 Å². The maximum absolute atomic E-state index is 12.6. The third kappa shape index (κ3) is 7.64. The fourth-order valence-corrected chi connectivity index (χ4v) is 4.42. The van der Waals surface area contributed by atoms with E-state index in [-0.39, 0.29) is 42.5 Å². The van der Waals surface area contributed by atoms with Crippen LogP contribution in [-0.4, -0.2) is 56.4 Å². The van der Waals surface area contributed by atoms with Gasteiger partial charge in [-0.25, -0.2) is 0 Å². The first kappa shape index (κ1) is 27.0. The summed E-state index contributed by atoms with van der Waals surface area (Å²) in [6, 6.07) is 6.23. The lowest BCUT2D eigenvalue weighted by molar-refractivity contribution is -0.145. The van der Waals surface area contributed by atoms with Crippen LogP contribution in [0.3, 0.4) is 0 Å². The first-order valence-corrected chi connectivity index (χ1v) is 11.6. The average Bonchev–Trinajstić information content (AvgIpc) is 2.73. The lowest BCUT2D eigenvalue weighted by atomic mass is 9.71. The number of rotatable bonds is 11. The Morgan fingerprint density at radius 3 is 2.33 bits per heavy atom. The zero-order chi connectivity index (χ0) is 24.6. The molecule has 0 radical (unpaired) electrons. The molecule has 0 saturated carbocycles. The highest BCUT2D eigenvalue weighted by Crippen LogP contribution is 2.40. The van der Waals surface area contributed by atoms with Gasteiger partial charge in [-0.15, -0.1) is 0 Å². The van der Waals surface area contributed by atoms with Gasteiger partial charge in [-0.3, -0.25) is 14.4 Å². The number of ether oxygens (including phenoxy) is 3. The van der Waals surface area contributed by atoms with E-state index >= 15 is 0 Å². The van der Waals surface area contributed by atoms with Crippen molar-refractivity contribution in [1.82, 2.24) is 0 Å². The summed E-state index contributed by atoms with van der Waals surface area (Å²) < 4.78 is 16.1. The predicted molar refractivity (Wildman–Crippen MR) is 125 cm³/mol. The first-order valence-electron chi connectivity index (χ1n) is 11.6. The zero-order valence-electron chi connectivity index (χ0n) is 20.6. The normalized spacial score (nSPS) is 16.8. The van der Waals surface area contributed by atoms with Crippen LogP contribution >= 0.6 is 0 Å². The topological polar surface area (TPSA) is 99.1 Å². The summed E-state index contributed by atoms with van der Waals surface area (Å²) in [5.74, 6) is -2.42. The molecule has 1 fully saturated rings. The van der Waals surface area contributed by atoms with Crippen LogP contribution in [0, 0.1) is 0 Å². The van der Waals surface area contributed by atoms with Crippen molar-refractivity contribution in [2.75, 3.05) is 33.5 Å². The molecule has 0 aromatic heterocycles. The van der Waals surface area contributed by atoms with Crippen LogP contribution in [0.2, 0.25) is 0 Å². The monoisotopic (exact) mass is 462 g/mol. The van der Waals surface area contributed by atoms with E-state index in [0.717, 1.165) is 29.5 Å². The van der Waals surface area contributed by atoms with E-state index in [1.807, 2.05) is 12.1 Å². The summed E-state index contributed by atoms with van der Waals surface area (Å²) in [6.45, 7) is 10.0. The molecule has 1 aliphatic heterocycles. The van der Waals surface area contributed by atoms with Crippen LogP contribution in [0.15, 0.2) is 18.2 Å². The van der Waals surface area contributed by atoms with E-state index in [1.165, 1.54) is 0 Å². The lowest BCUT2D eigenvalue weighted by Gasteiger charge is -2.38. The van der Waals surface area contributed by atoms with Crippen molar-refractivity contribution in [3.63, 3.8) is 0 Å². The Morgan fingerprint density at radius 2 is 1.79 bits per heavy atom. The largest absolute Gasteiger partial charge is 0.481 e. The van der Waals surface area contributed by atoms with Crippen LogP contribution in [0.5, 0.6) is 0 Å². The summed E-state index contributed by atoms with van der Waals surface area (Å²) >= 11 is 0. The molecule has 1 unspecified atom stereocenters. The van der Waals surface area contributed by atoms with Crippen LogP contribution < -0.4 is 0 Å². The predicted octanol–water partition coefficient (Wildman–Crippen LogP) is 4.15. The molecule has 0 bridgehead atoms. The van der Waals surface area contributed by atoms with Crippen molar-refractivity contribution in [3.8, 4) is 0 Å². The number of carboxylic acid groups (broad SMARTS) is 1. The number of benzene rings is 1. The summed E-state index contributed by atoms with van der Waals surface area (Å²) in [6.07, 6.45) is 1.04. The lowest BCUT2D eigenvalue weighted by Crippen LogP contribution is -2.38. The molecule has 0 amide bonds. The molecule has 1 aromatic rings. The molecule has 2 rings (SSSR count). The molecule has 1 aromatic carbocycles. The molecule has 1 saturated heterocycles. The number of carbonyl (C=O) groups excluding carboxylic acids is 2. The highest BCUT2D eigenvalue weighted by atomic mass is 16.5. The maximum Gasteiger partial charge on any atom is 0.313 e. The van der Waals surface area contributed by atoms with Gasteiger partial charge in [-0.1, -0.05) is 39.0 Å². The van der Waals surface area contributed by atoms with Crippen molar-refractivity contribution in [2.24, 2.45) is 0 Å². The van der Waals surface area contributed by atoms with Crippen LogP contribution in [0.25, 0.3) is 0 Å². The van der Waals surface area contributed by atoms with Gasteiger partial charge in [0.15, 0.2) is 0 Å². The van der Waals surface area contributed by atoms with E-state index in [1.54, 1.807) is 14.0 Å². The molecule has 0 spiro atoms. The van der Waals surface area contributed by atoms with Crippen molar-refractivity contribution in [3.05, 3.63) is 34.9 Å². The molecule has 1 N–H and O–H groups in total. The fraction of sp³-hybridized carbons (Fsp3) is 0.654. The average molecular weight is 463 g/mol. The quantitative estimate of drug-likeness (QED) is 0.390. The minimum Gasteiger partial charge on any atom is -0.481 e. The van der Waals surface area contributed by atoms with Gasteiger partial charge in [0.2, 0.25) is 0 Å². The third-order valence-corrected chi connectivity index (χ3v) is 6.32. The number of hydrogen-bond donors (Lipinski definition) is 1. The second kappa shape index (κ2) is 11.7. The van der Waals surface area contributed by atoms with Gasteiger partial charge >= 0.3 is 11.9 Å². The van der Waals surface area contributed by atoms with E-state index in [0.29, 0.717) is 19.8 Å². The molecule has 1 atom stereocenters. The zero-order valence-corrected chi connectivity index (χ0v) is 20.6. The minimum absolute atomic E-state index is 0.0292. The first-order chi connectivity index (χ1) is 15.5. The number of esters is 1. The number of aliphatic carboxylic acids is 1. The molecule has 184 valence electrons. The smallest absolute Gasteiger partial charge is 0.313 e. The summed E-state index contributed by atoms with van der Waals surface area (Å²) in [4.78, 5) is 36.0. The van der Waals surface area contributed by atoms with Gasteiger partial charge in [0.25, 0.3) is 0 Å². The Balaban J connectivity index is 2.50. The Labute approximate surface area is 196 Å². The number of methoxy groups -OCH3 is 1. The Bertz CT molecular complexity index is 826. The van der Waals surface area contributed by atoms with E-state index in [4.69, 9.17) is 14.2 Å². The van der Waals surface area contributed by atoms with Crippen LogP contribution in [0.1, 0.15) is 82.4 Å². The SMILES string of the molecule is CCOC(=O)CC(=O)CC(CC(=O)O)c1cc(C(C)(C)C)cc(C2(COC)CCOCC2)c1. The molecular formula is C26H38O7. The number of carbonyl (C=O) groups is 3. The van der Waals surface area contributed by atoms with Crippen LogP contribution in [0.4, 0.5) is 0 Å².